The molecule has 1 aliphatic rings. The highest BCUT2D eigenvalue weighted by Gasteiger charge is 2.41. The summed E-state index contributed by atoms with van der Waals surface area (Å²) in [6.45, 7) is 0.793. The van der Waals surface area contributed by atoms with Gasteiger partial charge in [0.15, 0.2) is 0 Å². The third-order valence-corrected chi connectivity index (χ3v) is 7.07. The molecule has 1 amide bonds. The number of carbonyl (C=O) groups excluding carboxylic acids is 1. The molecule has 0 atom stereocenters. The fourth-order valence-electron chi connectivity index (χ4n) is 3.87. The van der Waals surface area contributed by atoms with Crippen molar-refractivity contribution in [2.75, 3.05) is 23.3 Å². The number of carbonyl (C=O) groups is 1. The maximum Gasteiger partial charge on any atom is 0.261 e. The highest BCUT2D eigenvalue weighted by atomic mass is 32.2. The summed E-state index contributed by atoms with van der Waals surface area (Å²) in [5.41, 5.74) is 0.337. The quantitative estimate of drug-likeness (QED) is 0.555. The molecule has 1 aliphatic heterocycles. The second-order valence-electron chi connectivity index (χ2n) is 7.80. The van der Waals surface area contributed by atoms with E-state index in [2.05, 4.69) is 10.0 Å². The Hall–Kier alpha value is -3.30. The summed E-state index contributed by atoms with van der Waals surface area (Å²) in [6.07, 6.45) is 0.878. The van der Waals surface area contributed by atoms with E-state index in [1.807, 2.05) is 0 Å². The van der Waals surface area contributed by atoms with Crippen LogP contribution in [0.2, 0.25) is 0 Å². The molecule has 4 rings (SSSR count). The van der Waals surface area contributed by atoms with Crippen molar-refractivity contribution in [3.8, 4) is 0 Å². The Kier molecular flexibility index (Phi) is 6.44. The number of anilines is 2. The zero-order chi connectivity index (χ0) is 23.5. The molecule has 1 fully saturated rings. The first-order valence-electron chi connectivity index (χ1n) is 10.3. The lowest BCUT2D eigenvalue weighted by atomic mass is 9.73. The lowest BCUT2D eigenvalue weighted by Gasteiger charge is -2.36. The zero-order valence-corrected chi connectivity index (χ0v) is 18.4. The molecule has 2 N–H and O–H groups in total. The molecule has 0 bridgehead atoms. The number of nitrogens with one attached hydrogen (secondary N) is 2. The van der Waals surface area contributed by atoms with E-state index in [4.69, 9.17) is 4.74 Å². The van der Waals surface area contributed by atoms with E-state index >= 15 is 0 Å². The number of hydrogen-bond acceptors (Lipinski definition) is 4. The summed E-state index contributed by atoms with van der Waals surface area (Å²) in [5.74, 6) is -1.22. The van der Waals surface area contributed by atoms with E-state index in [0.717, 1.165) is 6.07 Å². The van der Waals surface area contributed by atoms with E-state index in [-0.39, 0.29) is 22.3 Å². The fourth-order valence-corrected chi connectivity index (χ4v) is 4.92. The molecule has 1 saturated heterocycles. The number of benzene rings is 3. The van der Waals surface area contributed by atoms with Crippen LogP contribution < -0.4 is 10.0 Å². The minimum absolute atomic E-state index is 0.0379. The number of rotatable bonds is 6. The Morgan fingerprint density at radius 1 is 0.848 bits per heavy atom. The molecule has 0 unspecified atom stereocenters. The molecule has 1 heterocycles. The number of ether oxygens (including phenoxy) is 1. The Morgan fingerprint density at radius 3 is 2.15 bits per heavy atom. The molecule has 3 aromatic carbocycles. The predicted molar refractivity (Wildman–Crippen MR) is 120 cm³/mol. The van der Waals surface area contributed by atoms with Gasteiger partial charge in [-0.05, 0) is 73.0 Å². The fraction of sp³-hybridized carbons (Fsp3) is 0.208. The first-order valence-corrected chi connectivity index (χ1v) is 11.8. The molecule has 0 spiro atoms. The third-order valence-electron chi connectivity index (χ3n) is 5.68. The van der Waals surface area contributed by atoms with Crippen molar-refractivity contribution in [2.45, 2.75) is 23.2 Å². The Balaban J connectivity index is 1.52. The van der Waals surface area contributed by atoms with Gasteiger partial charge in [0.25, 0.3) is 10.0 Å². The Labute approximate surface area is 190 Å². The molecule has 9 heteroatoms. The summed E-state index contributed by atoms with van der Waals surface area (Å²) in [5, 5.41) is 2.85. The topological polar surface area (TPSA) is 84.5 Å². The van der Waals surface area contributed by atoms with Gasteiger partial charge in [-0.2, -0.15) is 0 Å². The van der Waals surface area contributed by atoms with Crippen LogP contribution in [-0.2, 0) is 25.0 Å². The van der Waals surface area contributed by atoms with Gasteiger partial charge < -0.3 is 10.1 Å². The van der Waals surface area contributed by atoms with Gasteiger partial charge >= 0.3 is 0 Å². The maximum absolute atomic E-state index is 13.4. The first kappa shape index (κ1) is 22.9. The molecule has 33 heavy (non-hydrogen) atoms. The lowest BCUT2D eigenvalue weighted by Crippen LogP contribution is -2.44. The van der Waals surface area contributed by atoms with Crippen molar-refractivity contribution >= 4 is 27.3 Å². The number of halogens is 2. The van der Waals surface area contributed by atoms with Crippen LogP contribution in [0.1, 0.15) is 18.4 Å². The zero-order valence-electron chi connectivity index (χ0n) is 17.6. The van der Waals surface area contributed by atoms with Crippen molar-refractivity contribution in [3.63, 3.8) is 0 Å². The van der Waals surface area contributed by atoms with Gasteiger partial charge in [-0.1, -0.05) is 18.2 Å². The van der Waals surface area contributed by atoms with Crippen molar-refractivity contribution in [1.29, 1.82) is 0 Å². The predicted octanol–water partition coefficient (Wildman–Crippen LogP) is 4.45. The van der Waals surface area contributed by atoms with Crippen LogP contribution in [0.4, 0.5) is 20.2 Å². The smallest absolute Gasteiger partial charge is 0.261 e. The molecule has 0 radical (unpaired) electrons. The van der Waals surface area contributed by atoms with Gasteiger partial charge in [-0.3, -0.25) is 9.52 Å². The Bertz CT molecular complexity index is 1240. The number of amides is 1. The van der Waals surface area contributed by atoms with Crippen molar-refractivity contribution in [1.82, 2.24) is 0 Å². The highest BCUT2D eigenvalue weighted by Crippen LogP contribution is 2.36. The second-order valence-corrected chi connectivity index (χ2v) is 9.48. The van der Waals surface area contributed by atoms with Gasteiger partial charge in [0, 0.05) is 18.9 Å². The second kappa shape index (κ2) is 9.29. The average Bonchev–Trinajstić information content (AvgIpc) is 2.80. The maximum atomic E-state index is 13.4. The summed E-state index contributed by atoms with van der Waals surface area (Å²) in [7, 11) is -3.94. The summed E-state index contributed by atoms with van der Waals surface area (Å²) in [4.78, 5) is 13.3. The number of hydrogen-bond donors (Lipinski definition) is 2. The van der Waals surface area contributed by atoms with Crippen LogP contribution in [-0.4, -0.2) is 27.5 Å². The summed E-state index contributed by atoms with van der Waals surface area (Å²) in [6, 6.07) is 16.7. The minimum Gasteiger partial charge on any atom is -0.381 e. The molecular formula is C24H22F2N2O4S. The van der Waals surface area contributed by atoms with Crippen molar-refractivity contribution in [2.24, 2.45) is 0 Å². The van der Waals surface area contributed by atoms with E-state index in [9.17, 15) is 22.0 Å². The molecule has 3 aromatic rings. The lowest BCUT2D eigenvalue weighted by molar-refractivity contribution is -0.125. The van der Waals surface area contributed by atoms with Crippen LogP contribution in [0.15, 0.2) is 77.7 Å². The molecular weight excluding hydrogens is 450 g/mol. The van der Waals surface area contributed by atoms with Crippen LogP contribution in [0.5, 0.6) is 0 Å². The van der Waals surface area contributed by atoms with Gasteiger partial charge in [0.2, 0.25) is 5.91 Å². The van der Waals surface area contributed by atoms with Crippen LogP contribution in [0.3, 0.4) is 0 Å². The largest absolute Gasteiger partial charge is 0.381 e. The van der Waals surface area contributed by atoms with E-state index in [1.54, 1.807) is 12.1 Å². The van der Waals surface area contributed by atoms with Gasteiger partial charge in [0.1, 0.15) is 11.6 Å². The molecule has 172 valence electrons. The molecule has 0 aliphatic carbocycles. The van der Waals surface area contributed by atoms with Crippen molar-refractivity contribution in [3.05, 3.63) is 90.0 Å². The van der Waals surface area contributed by atoms with E-state index in [0.29, 0.717) is 37.3 Å². The monoisotopic (exact) mass is 472 g/mol. The molecule has 0 saturated carbocycles. The van der Waals surface area contributed by atoms with Crippen LogP contribution >= 0.6 is 0 Å². The third kappa shape index (κ3) is 5.04. The van der Waals surface area contributed by atoms with Gasteiger partial charge in [0.05, 0.1) is 16.0 Å². The standard InChI is InChI=1S/C24H22F2N2O4S/c25-18-6-4-17(5-7-18)24(12-14-32-15-13-24)23(29)27-20-8-10-22(11-9-20)33(30,31)28-21-3-1-2-19(26)16-21/h1-11,16,28H,12-15H2,(H,27,29). The highest BCUT2D eigenvalue weighted by molar-refractivity contribution is 7.92. The van der Waals surface area contributed by atoms with Crippen LogP contribution in [0.25, 0.3) is 0 Å². The van der Waals surface area contributed by atoms with E-state index < -0.39 is 21.3 Å². The molecule has 0 aromatic heterocycles. The van der Waals surface area contributed by atoms with E-state index in [1.165, 1.54) is 54.6 Å². The molecule has 6 nitrogen and oxygen atoms in total. The summed E-state index contributed by atoms with van der Waals surface area (Å²) >= 11 is 0. The normalized spacial score (nSPS) is 15.6. The number of sulfonamides is 1. The average molecular weight is 473 g/mol. The van der Waals surface area contributed by atoms with Crippen molar-refractivity contribution < 1.29 is 26.7 Å². The first-order chi connectivity index (χ1) is 15.8. The van der Waals surface area contributed by atoms with Gasteiger partial charge in [-0.15, -0.1) is 0 Å². The SMILES string of the molecule is O=C(Nc1ccc(S(=O)(=O)Nc2cccc(F)c2)cc1)C1(c2ccc(F)cc2)CCOCC1. The Morgan fingerprint density at radius 2 is 1.52 bits per heavy atom. The minimum atomic E-state index is -3.94. The summed E-state index contributed by atoms with van der Waals surface area (Å²) < 4.78 is 59.7. The van der Waals surface area contributed by atoms with Crippen LogP contribution in [0, 0.1) is 11.6 Å². The van der Waals surface area contributed by atoms with Gasteiger partial charge in [-0.25, -0.2) is 17.2 Å².